The summed E-state index contributed by atoms with van der Waals surface area (Å²) in [6, 6.07) is 11.0. The number of hydrogen-bond donors (Lipinski definition) is 1. The average Bonchev–Trinajstić information content (AvgIpc) is 3.17. The zero-order chi connectivity index (χ0) is 19.0. The number of thiophene rings is 1. The number of rotatable bonds is 5. The molecule has 27 heavy (non-hydrogen) atoms. The molecule has 1 N–H and O–H groups in total. The van der Waals surface area contributed by atoms with Crippen molar-refractivity contribution < 1.29 is 9.13 Å². The number of H-pyrrole nitrogens is 1. The van der Waals surface area contributed by atoms with Crippen LogP contribution in [0.25, 0.3) is 32.1 Å². The maximum Gasteiger partial charge on any atom is 0.266 e. The van der Waals surface area contributed by atoms with Crippen LogP contribution in [-0.4, -0.2) is 12.1 Å². The van der Waals surface area contributed by atoms with E-state index in [0.717, 1.165) is 52.2 Å². The zero-order valence-electron chi connectivity index (χ0n) is 15.3. The molecule has 0 spiro atoms. The van der Waals surface area contributed by atoms with Crippen molar-refractivity contribution in [3.05, 3.63) is 63.5 Å². The lowest BCUT2D eigenvalue weighted by Crippen LogP contribution is -2.05. The van der Waals surface area contributed by atoms with Crippen molar-refractivity contribution >= 4 is 32.3 Å². The van der Waals surface area contributed by atoms with Crippen LogP contribution in [0, 0.1) is 5.82 Å². The highest BCUT2D eigenvalue weighted by Gasteiger charge is 2.17. The number of halogens is 1. The summed E-state index contributed by atoms with van der Waals surface area (Å²) in [5.74, 6) is 0.453. The molecule has 0 aliphatic heterocycles. The Bertz CT molecular complexity index is 1190. The van der Waals surface area contributed by atoms with Crippen LogP contribution in [0.4, 0.5) is 4.39 Å². The molecule has 0 saturated carbocycles. The van der Waals surface area contributed by atoms with Crippen LogP contribution in [0.3, 0.4) is 0 Å². The molecule has 2 heterocycles. The summed E-state index contributed by atoms with van der Waals surface area (Å²) in [6.07, 6.45) is 2.73. The van der Waals surface area contributed by atoms with Gasteiger partial charge in [-0.2, -0.15) is 0 Å². The van der Waals surface area contributed by atoms with Crippen LogP contribution in [0.1, 0.15) is 25.3 Å². The molecule has 5 heteroatoms. The number of aromatic nitrogens is 1. The molecule has 0 bridgehead atoms. The van der Waals surface area contributed by atoms with Gasteiger partial charge in [-0.05, 0) is 53.6 Å². The van der Waals surface area contributed by atoms with Gasteiger partial charge in [0, 0.05) is 21.9 Å². The van der Waals surface area contributed by atoms with Gasteiger partial charge in [0.15, 0.2) is 0 Å². The van der Waals surface area contributed by atoms with Crippen LogP contribution in [0.15, 0.2) is 46.6 Å². The Labute approximate surface area is 160 Å². The van der Waals surface area contributed by atoms with Crippen molar-refractivity contribution in [1.82, 2.24) is 4.98 Å². The van der Waals surface area contributed by atoms with E-state index >= 15 is 0 Å². The molecule has 4 aromatic rings. The lowest BCUT2D eigenvalue weighted by atomic mass is 9.95. The lowest BCUT2D eigenvalue weighted by molar-refractivity contribution is 0.417. The predicted molar refractivity (Wildman–Crippen MR) is 111 cm³/mol. The lowest BCUT2D eigenvalue weighted by Gasteiger charge is -2.14. The number of ether oxygens (including phenoxy) is 1. The first-order chi connectivity index (χ1) is 13.1. The molecule has 138 valence electrons. The van der Waals surface area contributed by atoms with Gasteiger partial charge in [-0.3, -0.25) is 4.79 Å². The Morgan fingerprint density at radius 1 is 1.19 bits per heavy atom. The quantitative estimate of drug-likeness (QED) is 0.468. The van der Waals surface area contributed by atoms with E-state index in [1.54, 1.807) is 13.2 Å². The molecule has 0 aliphatic carbocycles. The van der Waals surface area contributed by atoms with E-state index in [9.17, 15) is 9.18 Å². The largest absolute Gasteiger partial charge is 0.496 e. The van der Waals surface area contributed by atoms with E-state index < -0.39 is 0 Å². The van der Waals surface area contributed by atoms with E-state index in [2.05, 4.69) is 11.9 Å². The van der Waals surface area contributed by atoms with Gasteiger partial charge in [-0.15, -0.1) is 11.3 Å². The first-order valence-corrected chi connectivity index (χ1v) is 9.91. The number of methoxy groups -OCH3 is 1. The van der Waals surface area contributed by atoms with Crippen molar-refractivity contribution in [2.75, 3.05) is 7.11 Å². The minimum atomic E-state index is -0.203. The van der Waals surface area contributed by atoms with Gasteiger partial charge >= 0.3 is 0 Å². The zero-order valence-corrected chi connectivity index (χ0v) is 16.1. The summed E-state index contributed by atoms with van der Waals surface area (Å²) in [6.45, 7) is 2.10. The van der Waals surface area contributed by atoms with E-state index in [-0.39, 0.29) is 11.4 Å². The van der Waals surface area contributed by atoms with Gasteiger partial charge in [0.2, 0.25) is 0 Å². The monoisotopic (exact) mass is 381 g/mol. The maximum atomic E-state index is 14.7. The Morgan fingerprint density at radius 3 is 2.78 bits per heavy atom. The van der Waals surface area contributed by atoms with Crippen LogP contribution in [0.2, 0.25) is 0 Å². The first kappa shape index (κ1) is 17.7. The number of fused-ring (bicyclic) bond motifs is 3. The second-order valence-corrected chi connectivity index (χ2v) is 7.51. The topological polar surface area (TPSA) is 42.1 Å². The van der Waals surface area contributed by atoms with Gasteiger partial charge in [0.05, 0.1) is 7.11 Å². The Balaban J connectivity index is 2.01. The molecule has 0 saturated heterocycles. The van der Waals surface area contributed by atoms with E-state index in [1.807, 2.05) is 35.7 Å². The van der Waals surface area contributed by atoms with Crippen molar-refractivity contribution in [2.24, 2.45) is 0 Å². The van der Waals surface area contributed by atoms with Crippen LogP contribution < -0.4 is 10.3 Å². The van der Waals surface area contributed by atoms with Crippen molar-refractivity contribution in [3.63, 3.8) is 0 Å². The highest BCUT2D eigenvalue weighted by atomic mass is 32.1. The second kappa shape index (κ2) is 7.16. The third kappa shape index (κ3) is 3.02. The van der Waals surface area contributed by atoms with E-state index in [1.165, 1.54) is 11.3 Å². The third-order valence-corrected chi connectivity index (χ3v) is 5.83. The Morgan fingerprint density at radius 2 is 2.04 bits per heavy atom. The number of aromatic amines is 1. The molecule has 2 aromatic heterocycles. The highest BCUT2D eigenvalue weighted by Crippen LogP contribution is 2.40. The van der Waals surface area contributed by atoms with E-state index in [0.29, 0.717) is 10.4 Å². The minimum absolute atomic E-state index is 0.107. The normalized spacial score (nSPS) is 11.4. The maximum absolute atomic E-state index is 14.7. The van der Waals surface area contributed by atoms with E-state index in [4.69, 9.17) is 4.74 Å². The molecule has 2 aromatic carbocycles. The smallest absolute Gasteiger partial charge is 0.266 e. The number of benzene rings is 2. The molecule has 0 aliphatic rings. The second-order valence-electron chi connectivity index (χ2n) is 6.59. The van der Waals surface area contributed by atoms with Crippen LogP contribution in [-0.2, 0) is 6.42 Å². The predicted octanol–water partition coefficient (Wildman–Crippen LogP) is 5.90. The Hall–Kier alpha value is -2.66. The SMILES string of the molecule is CCCCc1ccc(-c2c(OC)ccc3[nH]c(=O)c4sccc4c23)cc1F. The first-order valence-electron chi connectivity index (χ1n) is 9.03. The molecule has 4 rings (SSSR count). The van der Waals surface area contributed by atoms with Crippen LogP contribution >= 0.6 is 11.3 Å². The molecular weight excluding hydrogens is 361 g/mol. The fourth-order valence-electron chi connectivity index (χ4n) is 3.56. The molecule has 0 fully saturated rings. The minimum Gasteiger partial charge on any atom is -0.496 e. The standard InChI is InChI=1S/C22H20FNO2S/c1-3-4-5-13-6-7-14(12-16(13)23)19-18(26-2)9-8-17-20(19)15-10-11-27-21(15)22(25)24-17/h6-12H,3-5H2,1-2H3,(H,24,25). The summed E-state index contributed by atoms with van der Waals surface area (Å²) in [5.41, 5.74) is 2.89. The number of hydrogen-bond acceptors (Lipinski definition) is 3. The fraction of sp³-hybridized carbons (Fsp3) is 0.227. The summed E-state index contributed by atoms with van der Waals surface area (Å²) in [4.78, 5) is 15.3. The third-order valence-electron chi connectivity index (χ3n) is 4.92. The number of unbranched alkanes of at least 4 members (excludes halogenated alkanes) is 1. The highest BCUT2D eigenvalue weighted by molar-refractivity contribution is 7.17. The molecule has 0 amide bonds. The summed E-state index contributed by atoms with van der Waals surface area (Å²) in [7, 11) is 1.60. The van der Waals surface area contributed by atoms with Crippen molar-refractivity contribution in [2.45, 2.75) is 26.2 Å². The molecular formula is C22H20FNO2S. The average molecular weight is 381 g/mol. The molecule has 3 nitrogen and oxygen atoms in total. The van der Waals surface area contributed by atoms with Gasteiger partial charge in [0.1, 0.15) is 16.3 Å². The molecule has 0 atom stereocenters. The summed E-state index contributed by atoms with van der Waals surface area (Å²) < 4.78 is 21.0. The number of nitrogens with one attached hydrogen (secondary N) is 1. The fourth-order valence-corrected chi connectivity index (χ4v) is 4.35. The van der Waals surface area contributed by atoms with Crippen molar-refractivity contribution in [1.29, 1.82) is 0 Å². The molecule has 0 radical (unpaired) electrons. The number of aryl methyl sites for hydroxylation is 1. The van der Waals surface area contributed by atoms with Crippen molar-refractivity contribution in [3.8, 4) is 16.9 Å². The number of pyridine rings is 1. The van der Waals surface area contributed by atoms with Gasteiger partial charge in [-0.25, -0.2) is 4.39 Å². The summed E-state index contributed by atoms with van der Waals surface area (Å²) >= 11 is 1.40. The summed E-state index contributed by atoms with van der Waals surface area (Å²) in [5, 5.41) is 3.64. The Kier molecular flexibility index (Phi) is 4.70. The van der Waals surface area contributed by atoms with Gasteiger partial charge in [-0.1, -0.05) is 25.5 Å². The van der Waals surface area contributed by atoms with Gasteiger partial charge < -0.3 is 9.72 Å². The van der Waals surface area contributed by atoms with Gasteiger partial charge in [0.25, 0.3) is 5.56 Å². The van der Waals surface area contributed by atoms with Crippen LogP contribution in [0.5, 0.6) is 5.75 Å². The molecule has 0 unspecified atom stereocenters.